The summed E-state index contributed by atoms with van der Waals surface area (Å²) in [7, 11) is 0. The van der Waals surface area contributed by atoms with E-state index in [0.29, 0.717) is 27.7 Å². The van der Waals surface area contributed by atoms with Crippen LogP contribution in [0, 0.1) is 5.82 Å². The van der Waals surface area contributed by atoms with Crippen molar-refractivity contribution in [3.8, 4) is 0 Å². The number of amidine groups is 1. The van der Waals surface area contributed by atoms with Crippen LogP contribution in [-0.2, 0) is 14.3 Å². The van der Waals surface area contributed by atoms with Gasteiger partial charge in [0.1, 0.15) is 11.9 Å². The van der Waals surface area contributed by atoms with Crippen LogP contribution in [0.1, 0.15) is 25.5 Å². The van der Waals surface area contributed by atoms with Crippen molar-refractivity contribution in [3.63, 3.8) is 0 Å². The van der Waals surface area contributed by atoms with Crippen molar-refractivity contribution in [2.24, 2.45) is 4.99 Å². The van der Waals surface area contributed by atoms with Crippen molar-refractivity contribution in [1.29, 1.82) is 0 Å². The average Bonchev–Trinajstić information content (AvgIpc) is 2.73. The van der Waals surface area contributed by atoms with Crippen LogP contribution in [0.15, 0.2) is 70.9 Å². The zero-order valence-corrected chi connectivity index (χ0v) is 17.5. The van der Waals surface area contributed by atoms with Gasteiger partial charge in [-0.15, -0.1) is 0 Å². The van der Waals surface area contributed by atoms with E-state index in [9.17, 15) is 14.0 Å². The predicted octanol–water partition coefficient (Wildman–Crippen LogP) is 4.04. The monoisotopic (exact) mass is 427 g/mol. The Kier molecular flexibility index (Phi) is 7.24. The molecular formula is C22H22FN3O3S. The molecule has 1 atom stereocenters. The number of rotatable bonds is 6. The van der Waals surface area contributed by atoms with E-state index >= 15 is 0 Å². The van der Waals surface area contributed by atoms with Crippen LogP contribution in [0.25, 0.3) is 0 Å². The molecule has 0 spiro atoms. The van der Waals surface area contributed by atoms with Gasteiger partial charge >= 0.3 is 5.97 Å². The minimum Gasteiger partial charge on any atom is -0.463 e. The molecule has 156 valence electrons. The van der Waals surface area contributed by atoms with E-state index in [0.717, 1.165) is 0 Å². The number of nitrogens with one attached hydrogen (secondary N) is 2. The zero-order chi connectivity index (χ0) is 21.5. The van der Waals surface area contributed by atoms with Gasteiger partial charge in [-0.1, -0.05) is 42.1 Å². The molecule has 6 nitrogen and oxygen atoms in total. The minimum atomic E-state index is -0.648. The second-order valence-corrected chi connectivity index (χ2v) is 7.44. The Morgan fingerprint density at radius 3 is 2.53 bits per heavy atom. The second-order valence-electron chi connectivity index (χ2n) is 6.48. The Hall–Kier alpha value is -3.13. The van der Waals surface area contributed by atoms with E-state index in [4.69, 9.17) is 4.74 Å². The number of anilines is 1. The number of aliphatic imine (C=N–C) groups is 1. The maximum Gasteiger partial charge on any atom is 0.338 e. The molecule has 2 N–H and O–H groups in total. The van der Waals surface area contributed by atoms with Gasteiger partial charge in [-0.25, -0.2) is 14.2 Å². The number of thioether (sulfide) groups is 1. The Labute approximate surface area is 178 Å². The molecule has 0 unspecified atom stereocenters. The number of allylic oxidation sites excluding steroid dienone is 1. The zero-order valence-electron chi connectivity index (χ0n) is 16.6. The Morgan fingerprint density at radius 2 is 1.87 bits per heavy atom. The van der Waals surface area contributed by atoms with E-state index < -0.39 is 12.0 Å². The summed E-state index contributed by atoms with van der Waals surface area (Å²) in [6, 6.07) is 14.3. The van der Waals surface area contributed by atoms with Gasteiger partial charge in [-0.05, 0) is 43.7 Å². The van der Waals surface area contributed by atoms with Crippen LogP contribution >= 0.6 is 11.8 Å². The maximum absolute atomic E-state index is 13.4. The highest BCUT2D eigenvalue weighted by molar-refractivity contribution is 8.14. The van der Waals surface area contributed by atoms with Gasteiger partial charge < -0.3 is 15.4 Å². The lowest BCUT2D eigenvalue weighted by Gasteiger charge is -2.25. The Bertz CT molecular complexity index is 975. The topological polar surface area (TPSA) is 79.8 Å². The fraction of sp³-hybridized carbons (Fsp3) is 0.227. The summed E-state index contributed by atoms with van der Waals surface area (Å²) in [5.41, 5.74) is 2.32. The number of hydrogen-bond acceptors (Lipinski definition) is 6. The number of esters is 1. The number of halogens is 1. The summed E-state index contributed by atoms with van der Waals surface area (Å²) in [5.74, 6) is -0.890. The number of carbonyl (C=O) groups excluding carboxylic acids is 2. The Morgan fingerprint density at radius 1 is 1.17 bits per heavy atom. The molecule has 1 aliphatic heterocycles. The van der Waals surface area contributed by atoms with Crippen molar-refractivity contribution in [2.45, 2.75) is 19.9 Å². The number of benzene rings is 2. The highest BCUT2D eigenvalue weighted by Gasteiger charge is 2.30. The third-order valence-corrected chi connectivity index (χ3v) is 5.18. The molecule has 8 heteroatoms. The predicted molar refractivity (Wildman–Crippen MR) is 117 cm³/mol. The first-order valence-electron chi connectivity index (χ1n) is 9.43. The lowest BCUT2D eigenvalue weighted by molar-refractivity contribution is -0.139. The molecule has 0 radical (unpaired) electrons. The normalized spacial score (nSPS) is 15.8. The van der Waals surface area contributed by atoms with Gasteiger partial charge in [-0.3, -0.25) is 4.79 Å². The fourth-order valence-electron chi connectivity index (χ4n) is 2.93. The highest BCUT2D eigenvalue weighted by atomic mass is 32.2. The van der Waals surface area contributed by atoms with Crippen molar-refractivity contribution in [2.75, 3.05) is 17.7 Å². The van der Waals surface area contributed by atoms with Crippen molar-refractivity contribution < 1.29 is 18.7 Å². The van der Waals surface area contributed by atoms with E-state index in [2.05, 4.69) is 15.6 Å². The standard InChI is InChI=1S/C22H22FN3O3S/c1-3-29-21(28)19-14(2)24-22(26-20(19)15-9-11-16(23)12-10-15)30-13-18(27)25-17-7-5-4-6-8-17/h4-12,20H,3,13H2,1-2H3,(H,24,26)(H,25,27)/t20-/m1/s1. The molecule has 0 bridgehead atoms. The van der Waals surface area contributed by atoms with Gasteiger partial charge in [0.2, 0.25) is 5.91 Å². The molecule has 0 saturated carbocycles. The lowest BCUT2D eigenvalue weighted by atomic mass is 9.96. The molecule has 30 heavy (non-hydrogen) atoms. The molecule has 2 aromatic rings. The number of ether oxygens (including phenoxy) is 1. The number of amides is 1. The minimum absolute atomic E-state index is 0.138. The van der Waals surface area contributed by atoms with Crippen LogP contribution in [0.4, 0.5) is 10.1 Å². The first kappa shape index (κ1) is 21.6. The third-order valence-electron chi connectivity index (χ3n) is 4.30. The largest absolute Gasteiger partial charge is 0.463 e. The molecule has 0 fully saturated rings. The summed E-state index contributed by atoms with van der Waals surface area (Å²) < 4.78 is 18.5. The van der Waals surface area contributed by atoms with E-state index in [1.165, 1.54) is 23.9 Å². The van der Waals surface area contributed by atoms with Gasteiger partial charge in [0, 0.05) is 11.4 Å². The van der Waals surface area contributed by atoms with Crippen LogP contribution in [0.3, 0.4) is 0 Å². The van der Waals surface area contributed by atoms with Crippen molar-refractivity contribution in [3.05, 3.63) is 77.2 Å². The summed E-state index contributed by atoms with van der Waals surface area (Å²) in [5, 5.41) is 6.39. The Balaban J connectivity index is 1.77. The lowest BCUT2D eigenvalue weighted by Crippen LogP contribution is -2.31. The highest BCUT2D eigenvalue weighted by Crippen LogP contribution is 2.33. The van der Waals surface area contributed by atoms with E-state index in [1.54, 1.807) is 26.0 Å². The van der Waals surface area contributed by atoms with Crippen molar-refractivity contribution in [1.82, 2.24) is 5.32 Å². The molecule has 0 aromatic heterocycles. The SMILES string of the molecule is CCOC(=O)C1=C(C)NC(SCC(=O)Nc2ccccc2)=N[C@@H]1c1ccc(F)cc1. The maximum atomic E-state index is 13.4. The summed E-state index contributed by atoms with van der Waals surface area (Å²) in [4.78, 5) is 29.3. The smallest absolute Gasteiger partial charge is 0.338 e. The van der Waals surface area contributed by atoms with Crippen molar-refractivity contribution >= 4 is 34.5 Å². The first-order chi connectivity index (χ1) is 14.5. The third kappa shape index (κ3) is 5.48. The van der Waals surface area contributed by atoms with Gasteiger partial charge in [0.15, 0.2) is 5.17 Å². The van der Waals surface area contributed by atoms with Crippen LogP contribution in [0.5, 0.6) is 0 Å². The number of carbonyl (C=O) groups is 2. The quantitative estimate of drug-likeness (QED) is 0.681. The molecule has 0 aliphatic carbocycles. The summed E-state index contributed by atoms with van der Waals surface area (Å²) in [6.07, 6.45) is 0. The summed E-state index contributed by atoms with van der Waals surface area (Å²) in [6.45, 7) is 3.71. The molecule has 2 aromatic carbocycles. The van der Waals surface area contributed by atoms with E-state index in [1.807, 2.05) is 30.3 Å². The molecule has 0 saturated heterocycles. The molecule has 1 amide bonds. The average molecular weight is 428 g/mol. The van der Waals surface area contributed by atoms with E-state index in [-0.39, 0.29) is 24.1 Å². The van der Waals surface area contributed by atoms with Crippen LogP contribution in [-0.4, -0.2) is 29.4 Å². The number of nitrogens with zero attached hydrogens (tertiary/aromatic N) is 1. The van der Waals surface area contributed by atoms with Gasteiger partial charge in [0.05, 0.1) is 17.9 Å². The molecule has 3 rings (SSSR count). The van der Waals surface area contributed by atoms with Crippen LogP contribution < -0.4 is 10.6 Å². The second kappa shape index (κ2) is 10.1. The van der Waals surface area contributed by atoms with Gasteiger partial charge in [-0.2, -0.15) is 0 Å². The molecule has 1 aliphatic rings. The van der Waals surface area contributed by atoms with Crippen LogP contribution in [0.2, 0.25) is 0 Å². The first-order valence-corrected chi connectivity index (χ1v) is 10.4. The summed E-state index contributed by atoms with van der Waals surface area (Å²) >= 11 is 1.22. The fourth-order valence-corrected chi connectivity index (χ4v) is 3.68. The molecular weight excluding hydrogens is 405 g/mol. The molecule has 1 heterocycles. The number of hydrogen-bond donors (Lipinski definition) is 2. The van der Waals surface area contributed by atoms with Gasteiger partial charge in [0.25, 0.3) is 0 Å². The number of para-hydroxylation sites is 1.